The van der Waals surface area contributed by atoms with Crippen LogP contribution >= 0.6 is 0 Å². The van der Waals surface area contributed by atoms with Crippen molar-refractivity contribution in [2.45, 2.75) is 12.5 Å². The van der Waals surface area contributed by atoms with Gasteiger partial charge < -0.3 is 21.7 Å². The molecule has 0 aromatic heterocycles. The van der Waals surface area contributed by atoms with Crippen LogP contribution in [-0.4, -0.2) is 29.0 Å². The second-order valence-electron chi connectivity index (χ2n) is 2.97. The fraction of sp³-hybridized carbons (Fsp3) is 0.300. The molecule has 1 atom stereocenters. The first kappa shape index (κ1) is 13.4. The molecule has 1 aromatic rings. The lowest BCUT2D eigenvalue weighted by molar-refractivity contribution is 0.205. The van der Waals surface area contributed by atoms with Gasteiger partial charge in [-0.25, -0.2) is 4.79 Å². The molecule has 0 radical (unpaired) electrons. The number of amides is 1. The van der Waals surface area contributed by atoms with Gasteiger partial charge in [0.2, 0.25) is 0 Å². The molecule has 0 heterocycles. The highest BCUT2D eigenvalue weighted by Gasteiger charge is 1.99. The van der Waals surface area contributed by atoms with Crippen molar-refractivity contribution in [1.82, 2.24) is 0 Å². The van der Waals surface area contributed by atoms with Gasteiger partial charge in [-0.05, 0) is 12.0 Å². The first-order valence-corrected chi connectivity index (χ1v) is 4.45. The zero-order valence-corrected chi connectivity index (χ0v) is 8.34. The Morgan fingerprint density at radius 2 is 1.80 bits per heavy atom. The number of hydrogen-bond acceptors (Lipinski definition) is 3. The first-order valence-electron chi connectivity index (χ1n) is 4.45. The van der Waals surface area contributed by atoms with Gasteiger partial charge in [0, 0.05) is 6.04 Å². The molecule has 0 saturated heterocycles. The third-order valence-electron chi connectivity index (χ3n) is 1.58. The van der Waals surface area contributed by atoms with E-state index < -0.39 is 6.09 Å². The maximum absolute atomic E-state index is 8.78. The van der Waals surface area contributed by atoms with Crippen molar-refractivity contribution in [3.8, 4) is 0 Å². The Kier molecular flexibility index (Phi) is 6.96. The highest BCUT2D eigenvalue weighted by atomic mass is 16.4. The SMILES string of the molecule is NC(=O)O.NC(CO)Cc1ccccc1. The zero-order chi connectivity index (χ0) is 11.7. The molecule has 1 unspecified atom stereocenters. The molecular weight excluding hydrogens is 196 g/mol. The number of hydrogen-bond donors (Lipinski definition) is 4. The number of carboxylic acid groups (broad SMARTS) is 1. The van der Waals surface area contributed by atoms with E-state index in [4.69, 9.17) is 20.7 Å². The fourth-order valence-electron chi connectivity index (χ4n) is 0.981. The Morgan fingerprint density at radius 1 is 1.33 bits per heavy atom. The summed E-state index contributed by atoms with van der Waals surface area (Å²) in [6.45, 7) is 0.0505. The lowest BCUT2D eigenvalue weighted by atomic mass is 10.1. The van der Waals surface area contributed by atoms with Crippen LogP contribution in [0.1, 0.15) is 5.56 Å². The minimum atomic E-state index is -1.33. The molecular formula is C10H16N2O3. The van der Waals surface area contributed by atoms with Crippen LogP contribution in [0.4, 0.5) is 4.79 Å². The van der Waals surface area contributed by atoms with Crippen molar-refractivity contribution < 1.29 is 15.0 Å². The van der Waals surface area contributed by atoms with Crippen molar-refractivity contribution in [3.05, 3.63) is 35.9 Å². The fourth-order valence-corrected chi connectivity index (χ4v) is 0.981. The van der Waals surface area contributed by atoms with E-state index in [9.17, 15) is 0 Å². The normalized spacial score (nSPS) is 11.1. The zero-order valence-electron chi connectivity index (χ0n) is 8.34. The Balaban J connectivity index is 0.000000423. The molecule has 0 fully saturated rings. The molecule has 1 aromatic carbocycles. The maximum Gasteiger partial charge on any atom is 0.402 e. The number of nitrogens with two attached hydrogens (primary N) is 2. The van der Waals surface area contributed by atoms with Crippen LogP contribution in [0.3, 0.4) is 0 Å². The summed E-state index contributed by atoms with van der Waals surface area (Å²) in [6.07, 6.45) is -0.586. The standard InChI is InChI=1S/C9H13NO.CH3NO2/c10-9(7-11)6-8-4-2-1-3-5-8;2-1(3)4/h1-5,9,11H,6-7,10H2;2H2,(H,3,4). The Labute approximate surface area is 88.3 Å². The molecule has 0 spiro atoms. The number of carbonyl (C=O) groups is 1. The summed E-state index contributed by atoms with van der Waals surface area (Å²) in [5.41, 5.74) is 10.8. The van der Waals surface area contributed by atoms with Crippen LogP contribution in [0.2, 0.25) is 0 Å². The van der Waals surface area contributed by atoms with Crippen LogP contribution in [0.5, 0.6) is 0 Å². The summed E-state index contributed by atoms with van der Waals surface area (Å²) in [4.78, 5) is 8.78. The molecule has 0 saturated carbocycles. The monoisotopic (exact) mass is 212 g/mol. The van der Waals surface area contributed by atoms with Crippen LogP contribution in [-0.2, 0) is 6.42 Å². The lowest BCUT2D eigenvalue weighted by Gasteiger charge is -2.06. The van der Waals surface area contributed by atoms with E-state index in [1.807, 2.05) is 30.3 Å². The van der Waals surface area contributed by atoms with Crippen molar-refractivity contribution in [2.75, 3.05) is 6.61 Å². The quantitative estimate of drug-likeness (QED) is 0.572. The van der Waals surface area contributed by atoms with E-state index >= 15 is 0 Å². The minimum Gasteiger partial charge on any atom is -0.465 e. The predicted molar refractivity (Wildman–Crippen MR) is 57.4 cm³/mol. The van der Waals surface area contributed by atoms with Crippen molar-refractivity contribution >= 4 is 6.09 Å². The molecule has 1 rings (SSSR count). The average Bonchev–Trinajstić information content (AvgIpc) is 2.18. The second kappa shape index (κ2) is 7.78. The minimum absolute atomic E-state index is 0.0505. The third kappa shape index (κ3) is 8.73. The highest BCUT2D eigenvalue weighted by Crippen LogP contribution is 2.00. The Bertz CT molecular complexity index is 273. The van der Waals surface area contributed by atoms with Crippen molar-refractivity contribution in [2.24, 2.45) is 11.5 Å². The lowest BCUT2D eigenvalue weighted by Crippen LogP contribution is -2.26. The van der Waals surface area contributed by atoms with Crippen LogP contribution < -0.4 is 11.5 Å². The Hall–Kier alpha value is -1.59. The largest absolute Gasteiger partial charge is 0.465 e. The van der Waals surface area contributed by atoms with E-state index in [0.717, 1.165) is 6.42 Å². The van der Waals surface area contributed by atoms with Crippen LogP contribution in [0.15, 0.2) is 30.3 Å². The number of benzene rings is 1. The topological polar surface area (TPSA) is 110 Å². The molecule has 0 bridgehead atoms. The van der Waals surface area contributed by atoms with Crippen molar-refractivity contribution in [3.63, 3.8) is 0 Å². The third-order valence-corrected chi connectivity index (χ3v) is 1.58. The smallest absolute Gasteiger partial charge is 0.402 e. The van der Waals surface area contributed by atoms with Crippen LogP contribution in [0, 0.1) is 0 Å². The molecule has 5 nitrogen and oxygen atoms in total. The molecule has 15 heavy (non-hydrogen) atoms. The highest BCUT2D eigenvalue weighted by molar-refractivity contribution is 5.61. The first-order chi connectivity index (χ1) is 7.06. The molecule has 0 aliphatic heterocycles. The number of primary amides is 1. The molecule has 6 N–H and O–H groups in total. The average molecular weight is 212 g/mol. The van der Waals surface area contributed by atoms with E-state index in [0.29, 0.717) is 0 Å². The predicted octanol–water partition coefficient (Wildman–Crippen LogP) is 0.172. The van der Waals surface area contributed by atoms with Gasteiger partial charge >= 0.3 is 6.09 Å². The van der Waals surface area contributed by atoms with Gasteiger partial charge in [0.15, 0.2) is 0 Å². The van der Waals surface area contributed by atoms with E-state index in [-0.39, 0.29) is 12.6 Å². The van der Waals surface area contributed by atoms with Gasteiger partial charge in [-0.3, -0.25) is 0 Å². The summed E-state index contributed by atoms with van der Waals surface area (Å²) in [5.74, 6) is 0. The summed E-state index contributed by atoms with van der Waals surface area (Å²) in [6, 6.07) is 9.80. The van der Waals surface area contributed by atoms with E-state index in [2.05, 4.69) is 5.73 Å². The summed E-state index contributed by atoms with van der Waals surface area (Å²) in [7, 11) is 0. The van der Waals surface area contributed by atoms with Crippen molar-refractivity contribution in [1.29, 1.82) is 0 Å². The summed E-state index contributed by atoms with van der Waals surface area (Å²) < 4.78 is 0. The van der Waals surface area contributed by atoms with Gasteiger partial charge in [-0.1, -0.05) is 30.3 Å². The van der Waals surface area contributed by atoms with E-state index in [1.165, 1.54) is 5.56 Å². The van der Waals surface area contributed by atoms with Gasteiger partial charge in [-0.2, -0.15) is 0 Å². The molecule has 1 amide bonds. The number of aliphatic hydroxyl groups is 1. The van der Waals surface area contributed by atoms with Crippen LogP contribution in [0.25, 0.3) is 0 Å². The molecule has 0 aliphatic carbocycles. The van der Waals surface area contributed by atoms with Gasteiger partial charge in [0.25, 0.3) is 0 Å². The second-order valence-corrected chi connectivity index (χ2v) is 2.97. The van der Waals surface area contributed by atoms with E-state index in [1.54, 1.807) is 0 Å². The van der Waals surface area contributed by atoms with Gasteiger partial charge in [0.05, 0.1) is 6.61 Å². The van der Waals surface area contributed by atoms with Gasteiger partial charge in [-0.15, -0.1) is 0 Å². The molecule has 84 valence electrons. The summed E-state index contributed by atoms with van der Waals surface area (Å²) in [5, 5.41) is 15.9. The van der Waals surface area contributed by atoms with Gasteiger partial charge in [0.1, 0.15) is 0 Å². The molecule has 5 heteroatoms. The molecule has 0 aliphatic rings. The number of aliphatic hydroxyl groups excluding tert-OH is 1. The maximum atomic E-state index is 8.78. The summed E-state index contributed by atoms with van der Waals surface area (Å²) >= 11 is 0. The number of rotatable bonds is 3. The Morgan fingerprint density at radius 3 is 2.20 bits per heavy atom.